The van der Waals surface area contributed by atoms with Crippen LogP contribution in [0.1, 0.15) is 18.9 Å². The molecule has 4 nitrogen and oxygen atoms in total. The average molecular weight is 328 g/mol. The van der Waals surface area contributed by atoms with Crippen LogP contribution in [-0.2, 0) is 16.0 Å². The number of benzene rings is 2. The van der Waals surface area contributed by atoms with Gasteiger partial charge in [0.25, 0.3) is 0 Å². The van der Waals surface area contributed by atoms with Crippen molar-refractivity contribution in [1.82, 2.24) is 5.32 Å². The summed E-state index contributed by atoms with van der Waals surface area (Å²) < 4.78 is 13.8. The average Bonchev–Trinajstić information content (AvgIpc) is 2.58. The first-order chi connectivity index (χ1) is 11.6. The number of para-hydroxylation sites is 1. The van der Waals surface area contributed by atoms with Crippen LogP contribution < -0.4 is 10.2 Å². The zero-order valence-corrected chi connectivity index (χ0v) is 13.7. The maximum Gasteiger partial charge on any atom is 0.224 e. The fourth-order valence-corrected chi connectivity index (χ4v) is 2.42. The topological polar surface area (TPSA) is 49.4 Å². The van der Waals surface area contributed by atoms with E-state index in [1.54, 1.807) is 18.2 Å². The van der Waals surface area contributed by atoms with E-state index in [0.29, 0.717) is 12.8 Å². The predicted octanol–water partition coefficient (Wildman–Crippen LogP) is 2.93. The van der Waals surface area contributed by atoms with Crippen LogP contribution in [0.15, 0.2) is 54.6 Å². The zero-order chi connectivity index (χ0) is 17.4. The van der Waals surface area contributed by atoms with Gasteiger partial charge in [0.2, 0.25) is 11.8 Å². The van der Waals surface area contributed by atoms with Crippen molar-refractivity contribution in [3.8, 4) is 0 Å². The van der Waals surface area contributed by atoms with Crippen molar-refractivity contribution in [3.63, 3.8) is 0 Å². The summed E-state index contributed by atoms with van der Waals surface area (Å²) in [4.78, 5) is 24.9. The Hall–Kier alpha value is -2.69. The number of aryl methyl sites for hydroxylation is 1. The largest absolute Gasteiger partial charge is 0.354 e. The molecule has 0 heterocycles. The molecule has 0 aromatic heterocycles. The number of hydrogen-bond donors (Lipinski definition) is 1. The molecule has 2 aromatic carbocycles. The fourth-order valence-electron chi connectivity index (χ4n) is 2.42. The normalized spacial score (nSPS) is 10.2. The number of nitrogens with one attached hydrogen (secondary N) is 1. The Kier molecular flexibility index (Phi) is 6.49. The Bertz CT molecular complexity index is 689. The van der Waals surface area contributed by atoms with Gasteiger partial charge >= 0.3 is 0 Å². The van der Waals surface area contributed by atoms with Crippen molar-refractivity contribution in [3.05, 3.63) is 66.0 Å². The van der Waals surface area contributed by atoms with Crippen molar-refractivity contribution in [2.45, 2.75) is 19.8 Å². The molecule has 0 aliphatic rings. The van der Waals surface area contributed by atoms with E-state index < -0.39 is 5.82 Å². The van der Waals surface area contributed by atoms with Crippen LogP contribution in [0.2, 0.25) is 0 Å². The molecule has 0 radical (unpaired) electrons. The standard InChI is InChI=1S/C19H21FN2O2/c1-15(23)22(18-10-6-5-9-17(18)20)14-13-21-19(24)12-11-16-7-3-2-4-8-16/h2-10H,11-14H2,1H3,(H,21,24). The van der Waals surface area contributed by atoms with Gasteiger partial charge in [-0.15, -0.1) is 0 Å². The Morgan fingerprint density at radius 3 is 2.38 bits per heavy atom. The molecule has 0 aliphatic heterocycles. The molecule has 1 N–H and O–H groups in total. The van der Waals surface area contributed by atoms with Crippen LogP contribution in [0.4, 0.5) is 10.1 Å². The molecule has 24 heavy (non-hydrogen) atoms. The third-order valence-corrected chi connectivity index (χ3v) is 3.66. The minimum absolute atomic E-state index is 0.0871. The number of hydrogen-bond acceptors (Lipinski definition) is 2. The first kappa shape index (κ1) is 17.7. The van der Waals surface area contributed by atoms with Crippen molar-refractivity contribution in [2.24, 2.45) is 0 Å². The van der Waals surface area contributed by atoms with E-state index in [0.717, 1.165) is 5.56 Å². The van der Waals surface area contributed by atoms with Crippen LogP contribution in [0, 0.1) is 5.82 Å². The molecule has 0 fully saturated rings. The highest BCUT2D eigenvalue weighted by Gasteiger charge is 2.15. The second-order valence-electron chi connectivity index (χ2n) is 5.46. The molecule has 0 aliphatic carbocycles. The smallest absolute Gasteiger partial charge is 0.224 e. The van der Waals surface area contributed by atoms with E-state index in [1.807, 2.05) is 30.3 Å². The number of rotatable bonds is 7. The van der Waals surface area contributed by atoms with E-state index in [2.05, 4.69) is 5.32 Å². The van der Waals surface area contributed by atoms with E-state index in [9.17, 15) is 14.0 Å². The Labute approximate surface area is 141 Å². The monoisotopic (exact) mass is 328 g/mol. The van der Waals surface area contributed by atoms with Gasteiger partial charge in [-0.25, -0.2) is 4.39 Å². The van der Waals surface area contributed by atoms with Gasteiger partial charge in [-0.1, -0.05) is 42.5 Å². The van der Waals surface area contributed by atoms with Gasteiger partial charge in [0, 0.05) is 26.4 Å². The van der Waals surface area contributed by atoms with E-state index in [-0.39, 0.29) is 30.6 Å². The highest BCUT2D eigenvalue weighted by atomic mass is 19.1. The van der Waals surface area contributed by atoms with Crippen molar-refractivity contribution in [1.29, 1.82) is 0 Å². The number of carbonyl (C=O) groups excluding carboxylic acids is 2. The lowest BCUT2D eigenvalue weighted by Crippen LogP contribution is -2.38. The number of halogens is 1. The van der Waals surface area contributed by atoms with Crippen LogP contribution in [0.5, 0.6) is 0 Å². The van der Waals surface area contributed by atoms with Gasteiger partial charge in [0.15, 0.2) is 0 Å². The molecule has 0 saturated carbocycles. The van der Waals surface area contributed by atoms with E-state index >= 15 is 0 Å². The molecule has 2 amide bonds. The Morgan fingerprint density at radius 1 is 1.04 bits per heavy atom. The lowest BCUT2D eigenvalue weighted by Gasteiger charge is -2.21. The van der Waals surface area contributed by atoms with Crippen LogP contribution in [0.25, 0.3) is 0 Å². The minimum Gasteiger partial charge on any atom is -0.354 e. The second kappa shape index (κ2) is 8.82. The molecule has 2 rings (SSSR count). The predicted molar refractivity (Wildman–Crippen MR) is 92.2 cm³/mol. The highest BCUT2D eigenvalue weighted by molar-refractivity contribution is 5.91. The second-order valence-corrected chi connectivity index (χ2v) is 5.46. The highest BCUT2D eigenvalue weighted by Crippen LogP contribution is 2.18. The fraction of sp³-hybridized carbons (Fsp3) is 0.263. The summed E-state index contributed by atoms with van der Waals surface area (Å²) in [7, 11) is 0. The molecule has 0 unspecified atom stereocenters. The minimum atomic E-state index is -0.455. The first-order valence-electron chi connectivity index (χ1n) is 7.91. The van der Waals surface area contributed by atoms with Crippen LogP contribution in [-0.4, -0.2) is 24.9 Å². The first-order valence-corrected chi connectivity index (χ1v) is 7.91. The molecule has 0 spiro atoms. The summed E-state index contributed by atoms with van der Waals surface area (Å²) >= 11 is 0. The third-order valence-electron chi connectivity index (χ3n) is 3.66. The third kappa shape index (κ3) is 5.19. The summed E-state index contributed by atoms with van der Waals surface area (Å²) in [6.07, 6.45) is 1.04. The summed E-state index contributed by atoms with van der Waals surface area (Å²) in [6, 6.07) is 15.9. The van der Waals surface area contributed by atoms with E-state index in [4.69, 9.17) is 0 Å². The van der Waals surface area contributed by atoms with E-state index in [1.165, 1.54) is 17.9 Å². The number of carbonyl (C=O) groups is 2. The molecule has 126 valence electrons. The summed E-state index contributed by atoms with van der Waals surface area (Å²) in [5.41, 5.74) is 1.33. The molecular weight excluding hydrogens is 307 g/mol. The quantitative estimate of drug-likeness (QED) is 0.849. The number of amides is 2. The maximum absolute atomic E-state index is 13.8. The van der Waals surface area contributed by atoms with Gasteiger partial charge in [-0.2, -0.15) is 0 Å². The van der Waals surface area contributed by atoms with Crippen LogP contribution in [0.3, 0.4) is 0 Å². The van der Waals surface area contributed by atoms with Crippen LogP contribution >= 0.6 is 0 Å². The summed E-state index contributed by atoms with van der Waals surface area (Å²) in [5.74, 6) is -0.808. The number of anilines is 1. The molecule has 0 bridgehead atoms. The molecule has 0 atom stereocenters. The van der Waals surface area contributed by atoms with Gasteiger partial charge in [-0.05, 0) is 24.1 Å². The van der Waals surface area contributed by atoms with Gasteiger partial charge in [0.1, 0.15) is 5.82 Å². The van der Waals surface area contributed by atoms with Crippen molar-refractivity contribution < 1.29 is 14.0 Å². The van der Waals surface area contributed by atoms with Gasteiger partial charge in [0.05, 0.1) is 5.69 Å². The summed E-state index contributed by atoms with van der Waals surface area (Å²) in [5, 5.41) is 2.77. The Balaban J connectivity index is 1.81. The molecule has 0 saturated heterocycles. The van der Waals surface area contributed by atoms with Gasteiger partial charge in [-0.3, -0.25) is 9.59 Å². The van der Waals surface area contributed by atoms with Crippen molar-refractivity contribution in [2.75, 3.05) is 18.0 Å². The number of nitrogens with zero attached hydrogens (tertiary/aromatic N) is 1. The molecule has 2 aromatic rings. The molecular formula is C19H21FN2O2. The Morgan fingerprint density at radius 2 is 1.71 bits per heavy atom. The summed E-state index contributed by atoms with van der Waals surface area (Å²) in [6.45, 7) is 1.89. The van der Waals surface area contributed by atoms with Crippen molar-refractivity contribution >= 4 is 17.5 Å². The SMILES string of the molecule is CC(=O)N(CCNC(=O)CCc1ccccc1)c1ccccc1F. The zero-order valence-electron chi connectivity index (χ0n) is 13.7. The lowest BCUT2D eigenvalue weighted by atomic mass is 10.1. The molecule has 5 heteroatoms. The maximum atomic E-state index is 13.8. The van der Waals surface area contributed by atoms with Gasteiger partial charge < -0.3 is 10.2 Å². The lowest BCUT2D eigenvalue weighted by molar-refractivity contribution is -0.121.